The lowest BCUT2D eigenvalue weighted by Crippen LogP contribution is -2.19. The van der Waals surface area contributed by atoms with E-state index in [9.17, 15) is 0 Å². The van der Waals surface area contributed by atoms with Crippen LogP contribution in [0.25, 0.3) is 0 Å². The summed E-state index contributed by atoms with van der Waals surface area (Å²) in [4.78, 5) is 6.06. The Morgan fingerprint density at radius 3 is 2.75 bits per heavy atom. The molecule has 0 saturated heterocycles. The fourth-order valence-corrected chi connectivity index (χ4v) is 1.95. The van der Waals surface area contributed by atoms with E-state index in [2.05, 4.69) is 11.1 Å². The molecule has 0 bridgehead atoms. The number of anilines is 2. The normalized spacial score (nSPS) is 9.55. The van der Waals surface area contributed by atoms with Gasteiger partial charge in [0.15, 0.2) is 5.82 Å². The molecule has 0 aliphatic carbocycles. The highest BCUT2D eigenvalue weighted by Crippen LogP contribution is 2.23. The minimum absolute atomic E-state index is 0.369. The molecular weight excluding hydrogens is 250 g/mol. The van der Waals surface area contributed by atoms with Crippen LogP contribution in [0.15, 0.2) is 36.5 Å². The second-order valence-electron chi connectivity index (χ2n) is 4.38. The molecule has 2 rings (SSSR count). The number of nitrogens with two attached hydrogens (primary N) is 1. The third-order valence-corrected chi connectivity index (χ3v) is 2.93. The van der Waals surface area contributed by atoms with Crippen LogP contribution in [0.4, 0.5) is 11.5 Å². The number of nitrogens with zero attached hydrogens (tertiary/aromatic N) is 4. The molecule has 0 amide bonds. The molecular formula is C15H13N5. The van der Waals surface area contributed by atoms with Crippen LogP contribution in [0.3, 0.4) is 0 Å². The second kappa shape index (κ2) is 5.73. The number of pyridine rings is 1. The van der Waals surface area contributed by atoms with Gasteiger partial charge >= 0.3 is 0 Å². The fraction of sp³-hybridized carbons (Fsp3) is 0.133. The number of rotatable bonds is 3. The minimum atomic E-state index is 0.369. The van der Waals surface area contributed by atoms with E-state index in [1.54, 1.807) is 18.3 Å². The molecule has 0 aliphatic rings. The molecule has 20 heavy (non-hydrogen) atoms. The van der Waals surface area contributed by atoms with Gasteiger partial charge in [0, 0.05) is 19.8 Å². The molecule has 0 aliphatic heterocycles. The lowest BCUT2D eigenvalue weighted by atomic mass is 10.1. The molecule has 98 valence electrons. The van der Waals surface area contributed by atoms with E-state index in [4.69, 9.17) is 16.3 Å². The molecule has 1 aromatic heterocycles. The highest BCUT2D eigenvalue weighted by Gasteiger charge is 2.11. The summed E-state index contributed by atoms with van der Waals surface area (Å²) in [5.74, 6) is 0.561. The third kappa shape index (κ3) is 2.68. The van der Waals surface area contributed by atoms with Crippen LogP contribution in [0.2, 0.25) is 0 Å². The molecule has 5 heteroatoms. The number of aromatic nitrogens is 1. The maximum Gasteiger partial charge on any atom is 0.153 e. The van der Waals surface area contributed by atoms with E-state index in [1.807, 2.05) is 36.2 Å². The van der Waals surface area contributed by atoms with Crippen LogP contribution >= 0.6 is 0 Å². The van der Waals surface area contributed by atoms with E-state index in [0.717, 1.165) is 5.56 Å². The quantitative estimate of drug-likeness (QED) is 0.915. The molecule has 0 atom stereocenters. The first-order valence-electron chi connectivity index (χ1n) is 6.00. The first-order valence-corrected chi connectivity index (χ1v) is 6.00. The lowest BCUT2D eigenvalue weighted by Gasteiger charge is -2.20. The van der Waals surface area contributed by atoms with Crippen LogP contribution < -0.4 is 10.6 Å². The number of nitriles is 2. The van der Waals surface area contributed by atoms with Gasteiger partial charge in [-0.2, -0.15) is 10.5 Å². The fourth-order valence-electron chi connectivity index (χ4n) is 1.95. The monoisotopic (exact) mass is 263 g/mol. The summed E-state index contributed by atoms with van der Waals surface area (Å²) in [6.07, 6.45) is 1.56. The highest BCUT2D eigenvalue weighted by atomic mass is 15.2. The van der Waals surface area contributed by atoms with Gasteiger partial charge in [-0.05, 0) is 23.8 Å². The van der Waals surface area contributed by atoms with Crippen molar-refractivity contribution in [3.63, 3.8) is 0 Å². The second-order valence-corrected chi connectivity index (χ2v) is 4.38. The summed E-state index contributed by atoms with van der Waals surface area (Å²) in [7, 11) is 1.85. The summed E-state index contributed by atoms with van der Waals surface area (Å²) in [6.45, 7) is 0.557. The Hall–Kier alpha value is -3.05. The molecule has 0 fully saturated rings. The molecule has 2 N–H and O–H groups in total. The van der Waals surface area contributed by atoms with Gasteiger partial charge in [-0.15, -0.1) is 0 Å². The summed E-state index contributed by atoms with van der Waals surface area (Å²) >= 11 is 0. The number of benzene rings is 1. The Balaban J connectivity index is 2.27. The van der Waals surface area contributed by atoms with Gasteiger partial charge < -0.3 is 10.6 Å². The zero-order valence-corrected chi connectivity index (χ0v) is 11.0. The Morgan fingerprint density at radius 1 is 1.25 bits per heavy atom. The number of nitrogen functional groups attached to an aromatic ring is 1. The van der Waals surface area contributed by atoms with E-state index < -0.39 is 0 Å². The highest BCUT2D eigenvalue weighted by molar-refractivity contribution is 5.69. The van der Waals surface area contributed by atoms with Crippen molar-refractivity contribution >= 4 is 11.5 Å². The summed E-state index contributed by atoms with van der Waals surface area (Å²) < 4.78 is 0. The first kappa shape index (κ1) is 13.4. The molecule has 1 heterocycles. The molecule has 2 aromatic rings. The van der Waals surface area contributed by atoms with Crippen LogP contribution in [0.5, 0.6) is 0 Å². The summed E-state index contributed by atoms with van der Waals surface area (Å²) in [5.41, 5.74) is 8.30. The molecule has 0 unspecified atom stereocenters. The van der Waals surface area contributed by atoms with Crippen molar-refractivity contribution in [1.29, 1.82) is 10.5 Å². The molecule has 0 spiro atoms. The van der Waals surface area contributed by atoms with Gasteiger partial charge in [0.25, 0.3) is 0 Å². The molecule has 5 nitrogen and oxygen atoms in total. The zero-order valence-electron chi connectivity index (χ0n) is 11.0. The van der Waals surface area contributed by atoms with E-state index in [0.29, 0.717) is 29.2 Å². The average Bonchev–Trinajstić information content (AvgIpc) is 2.47. The smallest absolute Gasteiger partial charge is 0.153 e. The summed E-state index contributed by atoms with van der Waals surface area (Å²) in [6, 6.07) is 13.1. The van der Waals surface area contributed by atoms with E-state index >= 15 is 0 Å². The van der Waals surface area contributed by atoms with Gasteiger partial charge in [0.05, 0.1) is 22.9 Å². The van der Waals surface area contributed by atoms with Gasteiger partial charge in [-0.3, -0.25) is 0 Å². The van der Waals surface area contributed by atoms with Gasteiger partial charge in [0.2, 0.25) is 0 Å². The number of hydrogen-bond acceptors (Lipinski definition) is 5. The maximum atomic E-state index is 8.97. The largest absolute Gasteiger partial charge is 0.395 e. The van der Waals surface area contributed by atoms with Gasteiger partial charge in [0.1, 0.15) is 6.07 Å². The molecule has 1 aromatic carbocycles. The third-order valence-electron chi connectivity index (χ3n) is 2.93. The lowest BCUT2D eigenvalue weighted by molar-refractivity contribution is 0.899. The Bertz CT molecular complexity index is 709. The number of hydrogen-bond donors (Lipinski definition) is 1. The predicted molar refractivity (Wildman–Crippen MR) is 76.6 cm³/mol. The van der Waals surface area contributed by atoms with Crippen molar-refractivity contribution in [3.05, 3.63) is 53.2 Å². The Labute approximate surface area is 117 Å². The van der Waals surface area contributed by atoms with Crippen molar-refractivity contribution in [2.75, 3.05) is 17.7 Å². The average molecular weight is 263 g/mol. The molecule has 0 radical (unpaired) electrons. The minimum Gasteiger partial charge on any atom is -0.395 e. The summed E-state index contributed by atoms with van der Waals surface area (Å²) in [5, 5.41) is 17.9. The maximum absolute atomic E-state index is 8.97. The van der Waals surface area contributed by atoms with Crippen molar-refractivity contribution in [2.24, 2.45) is 0 Å². The Morgan fingerprint density at radius 2 is 2.05 bits per heavy atom. The zero-order chi connectivity index (χ0) is 14.5. The van der Waals surface area contributed by atoms with Crippen LogP contribution in [-0.2, 0) is 6.54 Å². The van der Waals surface area contributed by atoms with Gasteiger partial charge in [-0.25, -0.2) is 4.98 Å². The van der Waals surface area contributed by atoms with Crippen LogP contribution in [0.1, 0.15) is 16.7 Å². The Kier molecular flexibility index (Phi) is 3.83. The van der Waals surface area contributed by atoms with E-state index in [1.165, 1.54) is 0 Å². The van der Waals surface area contributed by atoms with Crippen molar-refractivity contribution in [1.82, 2.24) is 4.98 Å². The first-order chi connectivity index (χ1) is 9.65. The van der Waals surface area contributed by atoms with Gasteiger partial charge in [-0.1, -0.05) is 12.1 Å². The SMILES string of the molecule is CN(Cc1cccc(C#N)c1)c1nccc(C#N)c1N. The topological polar surface area (TPSA) is 89.7 Å². The standard InChI is InChI=1S/C15H13N5/c1-20(10-12-4-2-3-11(7-12)8-16)15-14(18)13(9-17)5-6-19-15/h2-7H,10,18H2,1H3. The van der Waals surface area contributed by atoms with Crippen molar-refractivity contribution in [3.8, 4) is 12.1 Å². The predicted octanol–water partition coefficient (Wildman–Crippen LogP) is 2.04. The van der Waals surface area contributed by atoms with Crippen LogP contribution in [-0.4, -0.2) is 12.0 Å². The molecule has 0 saturated carbocycles. The van der Waals surface area contributed by atoms with Crippen molar-refractivity contribution < 1.29 is 0 Å². The van der Waals surface area contributed by atoms with Crippen LogP contribution in [0, 0.1) is 22.7 Å². The van der Waals surface area contributed by atoms with Crippen molar-refractivity contribution in [2.45, 2.75) is 6.54 Å². The van der Waals surface area contributed by atoms with E-state index in [-0.39, 0.29) is 0 Å².